The predicted molar refractivity (Wildman–Crippen MR) is 97.6 cm³/mol. The lowest BCUT2D eigenvalue weighted by Crippen LogP contribution is -2.44. The van der Waals surface area contributed by atoms with Crippen molar-refractivity contribution in [2.24, 2.45) is 5.41 Å². The monoisotopic (exact) mass is 346 g/mol. The highest BCUT2D eigenvalue weighted by Crippen LogP contribution is 2.33. The van der Waals surface area contributed by atoms with E-state index < -0.39 is 0 Å². The van der Waals surface area contributed by atoms with E-state index >= 15 is 0 Å². The molecule has 1 aromatic carbocycles. The fraction of sp³-hybridized carbons (Fsp3) is 0.650. The molecular weight excluding hydrogens is 316 g/mol. The molecule has 0 bridgehead atoms. The molecule has 1 aromatic rings. The summed E-state index contributed by atoms with van der Waals surface area (Å²) in [4.78, 5) is 17.3. The average molecular weight is 346 g/mol. The van der Waals surface area contributed by atoms with Gasteiger partial charge in [0.25, 0.3) is 0 Å². The van der Waals surface area contributed by atoms with Crippen molar-refractivity contribution in [1.82, 2.24) is 9.80 Å². The van der Waals surface area contributed by atoms with Gasteiger partial charge in [0.05, 0.1) is 26.2 Å². The fourth-order valence-corrected chi connectivity index (χ4v) is 3.88. The van der Waals surface area contributed by atoms with E-state index in [-0.39, 0.29) is 11.3 Å². The van der Waals surface area contributed by atoms with E-state index in [4.69, 9.17) is 9.47 Å². The molecule has 5 heteroatoms. The van der Waals surface area contributed by atoms with Crippen LogP contribution in [0.25, 0.3) is 0 Å². The van der Waals surface area contributed by atoms with Crippen LogP contribution in [0.1, 0.15) is 17.5 Å². The van der Waals surface area contributed by atoms with Crippen molar-refractivity contribution in [3.05, 3.63) is 35.4 Å². The van der Waals surface area contributed by atoms with E-state index in [1.807, 2.05) is 4.90 Å². The molecule has 2 aliphatic rings. The number of carbonyl (C=O) groups is 1. The van der Waals surface area contributed by atoms with Crippen molar-refractivity contribution >= 4 is 5.91 Å². The molecule has 0 saturated carbocycles. The Balaban J connectivity index is 1.61. The molecule has 5 nitrogen and oxygen atoms in total. The van der Waals surface area contributed by atoms with Crippen LogP contribution >= 0.6 is 0 Å². The van der Waals surface area contributed by atoms with Crippen molar-refractivity contribution in [2.45, 2.75) is 19.8 Å². The number of carbonyl (C=O) groups excluding carboxylic acids is 1. The Kier molecular flexibility index (Phi) is 6.10. The van der Waals surface area contributed by atoms with Crippen molar-refractivity contribution in [1.29, 1.82) is 0 Å². The number of ether oxygens (including phenoxy) is 2. The van der Waals surface area contributed by atoms with Crippen LogP contribution in [0.5, 0.6) is 0 Å². The van der Waals surface area contributed by atoms with Gasteiger partial charge in [-0.15, -0.1) is 0 Å². The molecule has 2 fully saturated rings. The summed E-state index contributed by atoms with van der Waals surface area (Å²) in [5.41, 5.74) is 2.39. The van der Waals surface area contributed by atoms with Crippen LogP contribution in [-0.4, -0.2) is 75.4 Å². The quantitative estimate of drug-likeness (QED) is 0.814. The minimum atomic E-state index is 0.0766. The molecule has 2 saturated heterocycles. The zero-order chi connectivity index (χ0) is 17.7. The molecule has 0 aliphatic carbocycles. The Hall–Kier alpha value is -1.43. The number of benzene rings is 1. The maximum absolute atomic E-state index is 12.8. The Morgan fingerprint density at radius 1 is 1.24 bits per heavy atom. The molecule has 1 amide bonds. The van der Waals surface area contributed by atoms with Gasteiger partial charge in [0.2, 0.25) is 5.91 Å². The summed E-state index contributed by atoms with van der Waals surface area (Å²) in [7, 11) is 1.74. The van der Waals surface area contributed by atoms with E-state index in [0.29, 0.717) is 19.6 Å². The predicted octanol–water partition coefficient (Wildman–Crippen LogP) is 1.73. The minimum Gasteiger partial charge on any atom is -0.383 e. The number of rotatable bonds is 5. The third-order valence-electron chi connectivity index (χ3n) is 5.40. The number of likely N-dealkylation sites (tertiary alicyclic amines) is 1. The lowest BCUT2D eigenvalue weighted by atomic mass is 9.87. The van der Waals surface area contributed by atoms with E-state index in [0.717, 1.165) is 51.4 Å². The number of hydrogen-bond acceptors (Lipinski definition) is 4. The zero-order valence-electron chi connectivity index (χ0n) is 15.5. The van der Waals surface area contributed by atoms with Gasteiger partial charge in [0.15, 0.2) is 0 Å². The lowest BCUT2D eigenvalue weighted by molar-refractivity contribution is -0.131. The third-order valence-corrected chi connectivity index (χ3v) is 5.40. The van der Waals surface area contributed by atoms with Crippen LogP contribution < -0.4 is 0 Å². The van der Waals surface area contributed by atoms with Crippen molar-refractivity contribution in [3.8, 4) is 0 Å². The fourth-order valence-electron chi connectivity index (χ4n) is 3.88. The average Bonchev–Trinajstić information content (AvgIpc) is 2.88. The van der Waals surface area contributed by atoms with Crippen LogP contribution in [0.2, 0.25) is 0 Å². The molecule has 1 spiro atoms. The maximum atomic E-state index is 12.8. The van der Waals surface area contributed by atoms with Crippen molar-refractivity contribution in [2.75, 3.05) is 59.7 Å². The first-order valence-electron chi connectivity index (χ1n) is 9.23. The van der Waals surface area contributed by atoms with E-state index in [2.05, 4.69) is 36.1 Å². The van der Waals surface area contributed by atoms with Gasteiger partial charge in [0, 0.05) is 38.7 Å². The van der Waals surface area contributed by atoms with Gasteiger partial charge in [-0.3, -0.25) is 4.79 Å². The Morgan fingerprint density at radius 2 is 2.04 bits per heavy atom. The molecule has 2 aliphatic heterocycles. The largest absolute Gasteiger partial charge is 0.383 e. The number of hydrogen-bond donors (Lipinski definition) is 0. The standard InChI is InChI=1S/C20H30N2O3/c1-17-3-5-18(6-4-17)13-19(23)22-10-12-25-16-20(15-22)7-8-21(14-20)9-11-24-2/h3-6H,7-16H2,1-2H3. The molecule has 138 valence electrons. The summed E-state index contributed by atoms with van der Waals surface area (Å²) in [6.45, 7) is 8.73. The first kappa shape index (κ1) is 18.4. The second-order valence-electron chi connectivity index (χ2n) is 7.55. The molecule has 0 aromatic heterocycles. The molecule has 0 radical (unpaired) electrons. The SMILES string of the molecule is COCCN1CCC2(COCCN(C(=O)Cc3ccc(C)cc3)C2)C1. The number of aryl methyl sites for hydroxylation is 1. The normalized spacial score (nSPS) is 24.6. The van der Waals surface area contributed by atoms with Crippen molar-refractivity contribution < 1.29 is 14.3 Å². The molecule has 3 rings (SSSR count). The first-order valence-corrected chi connectivity index (χ1v) is 9.23. The lowest BCUT2D eigenvalue weighted by Gasteiger charge is -2.32. The number of nitrogens with zero attached hydrogens (tertiary/aromatic N) is 2. The maximum Gasteiger partial charge on any atom is 0.227 e. The smallest absolute Gasteiger partial charge is 0.227 e. The summed E-state index contributed by atoms with van der Waals surface area (Å²) >= 11 is 0. The van der Waals surface area contributed by atoms with Crippen molar-refractivity contribution in [3.63, 3.8) is 0 Å². The highest BCUT2D eigenvalue weighted by molar-refractivity contribution is 5.78. The summed E-state index contributed by atoms with van der Waals surface area (Å²) in [6.07, 6.45) is 1.56. The van der Waals surface area contributed by atoms with Gasteiger partial charge in [-0.25, -0.2) is 0 Å². The molecule has 1 unspecified atom stereocenters. The summed E-state index contributed by atoms with van der Waals surface area (Å²) < 4.78 is 11.1. The molecule has 0 N–H and O–H groups in total. The second kappa shape index (κ2) is 8.30. The minimum absolute atomic E-state index is 0.0766. The van der Waals surface area contributed by atoms with E-state index in [9.17, 15) is 4.79 Å². The molecular formula is C20H30N2O3. The highest BCUT2D eigenvalue weighted by Gasteiger charge is 2.41. The topological polar surface area (TPSA) is 42.0 Å². The van der Waals surface area contributed by atoms with Gasteiger partial charge < -0.3 is 19.3 Å². The third kappa shape index (κ3) is 4.81. The zero-order valence-corrected chi connectivity index (χ0v) is 15.5. The Morgan fingerprint density at radius 3 is 2.80 bits per heavy atom. The van der Waals surface area contributed by atoms with Crippen LogP contribution in [0.15, 0.2) is 24.3 Å². The summed E-state index contributed by atoms with van der Waals surface area (Å²) in [6, 6.07) is 8.25. The Bertz CT molecular complexity index is 575. The molecule has 1 atom stereocenters. The summed E-state index contributed by atoms with van der Waals surface area (Å²) in [5, 5.41) is 0. The van der Waals surface area contributed by atoms with Crippen LogP contribution in [-0.2, 0) is 20.7 Å². The first-order chi connectivity index (χ1) is 12.1. The molecule has 2 heterocycles. The summed E-state index contributed by atoms with van der Waals surface area (Å²) in [5.74, 6) is 0.212. The highest BCUT2D eigenvalue weighted by atomic mass is 16.5. The van der Waals surface area contributed by atoms with Crippen LogP contribution in [0.3, 0.4) is 0 Å². The van der Waals surface area contributed by atoms with Crippen LogP contribution in [0, 0.1) is 12.3 Å². The van der Waals surface area contributed by atoms with E-state index in [1.54, 1.807) is 7.11 Å². The van der Waals surface area contributed by atoms with Crippen LogP contribution in [0.4, 0.5) is 0 Å². The Labute approximate surface area is 150 Å². The van der Waals surface area contributed by atoms with Gasteiger partial charge in [0.1, 0.15) is 0 Å². The molecule has 25 heavy (non-hydrogen) atoms. The van der Waals surface area contributed by atoms with Gasteiger partial charge in [-0.1, -0.05) is 29.8 Å². The second-order valence-corrected chi connectivity index (χ2v) is 7.55. The van der Waals surface area contributed by atoms with E-state index in [1.165, 1.54) is 5.56 Å². The van der Waals surface area contributed by atoms with Gasteiger partial charge >= 0.3 is 0 Å². The van der Waals surface area contributed by atoms with Gasteiger partial charge in [-0.2, -0.15) is 0 Å². The number of amides is 1. The van der Waals surface area contributed by atoms with Gasteiger partial charge in [-0.05, 0) is 25.5 Å². The number of methoxy groups -OCH3 is 1.